The second kappa shape index (κ2) is 8.30. The lowest BCUT2D eigenvalue weighted by molar-refractivity contribution is 0.0659. The van der Waals surface area contributed by atoms with E-state index in [1.807, 2.05) is 35.2 Å². The number of alkyl halides is 1. The molecule has 0 spiro atoms. The largest absolute Gasteiger partial charge is 0.445 e. The minimum atomic E-state index is -0.159. The molecule has 0 N–H and O–H groups in total. The van der Waals surface area contributed by atoms with Gasteiger partial charge in [-0.25, -0.2) is 4.79 Å². The lowest BCUT2D eigenvalue weighted by Crippen LogP contribution is -2.44. The maximum atomic E-state index is 12.2. The van der Waals surface area contributed by atoms with Crippen LogP contribution >= 0.6 is 15.9 Å². The molecule has 1 amide bonds. The Balaban J connectivity index is 1.85. The molecule has 1 fully saturated rings. The first-order chi connectivity index (χ1) is 9.81. The van der Waals surface area contributed by atoms with Crippen molar-refractivity contribution >= 4 is 22.0 Å². The highest BCUT2D eigenvalue weighted by Crippen LogP contribution is 2.22. The van der Waals surface area contributed by atoms with E-state index >= 15 is 0 Å². The van der Waals surface area contributed by atoms with Crippen molar-refractivity contribution in [3.8, 4) is 0 Å². The van der Waals surface area contributed by atoms with Gasteiger partial charge >= 0.3 is 6.09 Å². The molecule has 110 valence electrons. The standard InChI is InChI=1S/C16H22BrNO2/c17-11-6-10-15-9-4-5-12-18(15)16(19)20-13-14-7-2-1-3-8-14/h1-3,7-8,15H,4-6,9-13H2/t15-/m1/s1. The Labute approximate surface area is 129 Å². The van der Waals surface area contributed by atoms with Crippen LogP contribution in [0.3, 0.4) is 0 Å². The number of hydrogen-bond donors (Lipinski definition) is 0. The number of amides is 1. The molecule has 1 aliphatic heterocycles. The zero-order valence-corrected chi connectivity index (χ0v) is 13.3. The summed E-state index contributed by atoms with van der Waals surface area (Å²) in [5.74, 6) is 0. The van der Waals surface area contributed by atoms with Crippen LogP contribution in [0.1, 0.15) is 37.7 Å². The average molecular weight is 340 g/mol. The molecular formula is C16H22BrNO2. The van der Waals surface area contributed by atoms with Gasteiger partial charge in [-0.1, -0.05) is 46.3 Å². The number of halogens is 1. The second-order valence-corrected chi connectivity index (χ2v) is 6.01. The van der Waals surface area contributed by atoms with Crippen LogP contribution in [0.5, 0.6) is 0 Å². The van der Waals surface area contributed by atoms with Gasteiger partial charge in [0.1, 0.15) is 6.61 Å². The average Bonchev–Trinajstić information content (AvgIpc) is 2.52. The number of hydrogen-bond acceptors (Lipinski definition) is 2. The monoisotopic (exact) mass is 339 g/mol. The van der Waals surface area contributed by atoms with Crippen molar-refractivity contribution in [2.24, 2.45) is 0 Å². The second-order valence-electron chi connectivity index (χ2n) is 5.21. The molecular weight excluding hydrogens is 318 g/mol. The van der Waals surface area contributed by atoms with Crippen molar-refractivity contribution in [2.75, 3.05) is 11.9 Å². The van der Waals surface area contributed by atoms with E-state index in [4.69, 9.17) is 4.74 Å². The molecule has 20 heavy (non-hydrogen) atoms. The molecule has 1 aliphatic rings. The van der Waals surface area contributed by atoms with E-state index in [-0.39, 0.29) is 6.09 Å². The predicted octanol–water partition coefficient (Wildman–Crippen LogP) is 4.35. The van der Waals surface area contributed by atoms with Crippen LogP contribution in [0.4, 0.5) is 4.79 Å². The van der Waals surface area contributed by atoms with Crippen LogP contribution in [0.15, 0.2) is 30.3 Å². The lowest BCUT2D eigenvalue weighted by Gasteiger charge is -2.35. The smallest absolute Gasteiger partial charge is 0.410 e. The quantitative estimate of drug-likeness (QED) is 0.746. The molecule has 2 rings (SSSR count). The van der Waals surface area contributed by atoms with Gasteiger partial charge in [-0.05, 0) is 37.7 Å². The van der Waals surface area contributed by atoms with E-state index in [2.05, 4.69) is 15.9 Å². The van der Waals surface area contributed by atoms with Gasteiger partial charge in [-0.2, -0.15) is 0 Å². The van der Waals surface area contributed by atoms with Gasteiger partial charge in [0.25, 0.3) is 0 Å². The first-order valence-corrected chi connectivity index (χ1v) is 8.46. The maximum absolute atomic E-state index is 12.2. The third kappa shape index (κ3) is 4.51. The van der Waals surface area contributed by atoms with Crippen molar-refractivity contribution in [3.63, 3.8) is 0 Å². The molecule has 0 aromatic heterocycles. The van der Waals surface area contributed by atoms with Crippen molar-refractivity contribution in [2.45, 2.75) is 44.8 Å². The summed E-state index contributed by atoms with van der Waals surface area (Å²) in [6, 6.07) is 10.2. The van der Waals surface area contributed by atoms with E-state index in [0.717, 1.165) is 43.1 Å². The Morgan fingerprint density at radius 2 is 2.10 bits per heavy atom. The molecule has 0 unspecified atom stereocenters. The van der Waals surface area contributed by atoms with Crippen LogP contribution in [0, 0.1) is 0 Å². The van der Waals surface area contributed by atoms with Gasteiger partial charge in [0.15, 0.2) is 0 Å². The fourth-order valence-corrected chi connectivity index (χ4v) is 2.98. The highest BCUT2D eigenvalue weighted by atomic mass is 79.9. The summed E-state index contributed by atoms with van der Waals surface area (Å²) in [6.45, 7) is 1.20. The summed E-state index contributed by atoms with van der Waals surface area (Å²) in [5, 5.41) is 0.996. The zero-order valence-electron chi connectivity index (χ0n) is 11.8. The molecule has 4 heteroatoms. The molecule has 0 radical (unpaired) electrons. The SMILES string of the molecule is O=C(OCc1ccccc1)N1CCCC[C@@H]1CCCBr. The molecule has 1 aromatic rings. The van der Waals surface area contributed by atoms with E-state index < -0.39 is 0 Å². The molecule has 1 atom stereocenters. The third-order valence-electron chi connectivity index (χ3n) is 3.74. The van der Waals surface area contributed by atoms with Gasteiger partial charge in [-0.15, -0.1) is 0 Å². The van der Waals surface area contributed by atoms with Crippen molar-refractivity contribution < 1.29 is 9.53 Å². The number of benzene rings is 1. The van der Waals surface area contributed by atoms with Gasteiger partial charge < -0.3 is 9.64 Å². The predicted molar refractivity (Wildman–Crippen MR) is 84.0 cm³/mol. The normalized spacial score (nSPS) is 18.9. The van der Waals surface area contributed by atoms with Crippen molar-refractivity contribution in [1.82, 2.24) is 4.90 Å². The van der Waals surface area contributed by atoms with Gasteiger partial charge in [0.05, 0.1) is 0 Å². The number of carbonyl (C=O) groups is 1. The molecule has 1 aromatic carbocycles. The Morgan fingerprint density at radius 3 is 2.85 bits per heavy atom. The minimum absolute atomic E-state index is 0.159. The van der Waals surface area contributed by atoms with Gasteiger partial charge in [-0.3, -0.25) is 0 Å². The number of rotatable bonds is 5. The van der Waals surface area contributed by atoms with Crippen LogP contribution in [-0.4, -0.2) is 28.9 Å². The van der Waals surface area contributed by atoms with Crippen molar-refractivity contribution in [1.29, 1.82) is 0 Å². The summed E-state index contributed by atoms with van der Waals surface area (Å²) in [4.78, 5) is 14.2. The number of nitrogens with zero attached hydrogens (tertiary/aromatic N) is 1. The van der Waals surface area contributed by atoms with Gasteiger partial charge in [0.2, 0.25) is 0 Å². The van der Waals surface area contributed by atoms with Crippen LogP contribution in [0.2, 0.25) is 0 Å². The first-order valence-electron chi connectivity index (χ1n) is 7.34. The van der Waals surface area contributed by atoms with E-state index in [9.17, 15) is 4.79 Å². The highest BCUT2D eigenvalue weighted by molar-refractivity contribution is 9.09. The Kier molecular flexibility index (Phi) is 6.37. The highest BCUT2D eigenvalue weighted by Gasteiger charge is 2.27. The fraction of sp³-hybridized carbons (Fsp3) is 0.562. The summed E-state index contributed by atoms with van der Waals surface area (Å²) >= 11 is 3.46. The molecule has 0 bridgehead atoms. The van der Waals surface area contributed by atoms with Crippen molar-refractivity contribution in [3.05, 3.63) is 35.9 Å². The Morgan fingerprint density at radius 1 is 1.30 bits per heavy atom. The Bertz CT molecular complexity index is 410. The molecule has 1 saturated heterocycles. The van der Waals surface area contributed by atoms with E-state index in [0.29, 0.717) is 12.6 Å². The minimum Gasteiger partial charge on any atom is -0.445 e. The van der Waals surface area contributed by atoms with Crippen LogP contribution in [-0.2, 0) is 11.3 Å². The fourth-order valence-electron chi connectivity index (χ4n) is 2.66. The van der Waals surface area contributed by atoms with E-state index in [1.165, 1.54) is 6.42 Å². The zero-order chi connectivity index (χ0) is 14.2. The number of carbonyl (C=O) groups excluding carboxylic acids is 1. The van der Waals surface area contributed by atoms with Gasteiger partial charge in [0, 0.05) is 17.9 Å². The summed E-state index contributed by atoms with van der Waals surface area (Å²) in [7, 11) is 0. The summed E-state index contributed by atoms with van der Waals surface area (Å²) in [5.41, 5.74) is 1.04. The van der Waals surface area contributed by atoms with Crippen LogP contribution in [0.25, 0.3) is 0 Å². The first kappa shape index (κ1) is 15.4. The summed E-state index contributed by atoms with van der Waals surface area (Å²) < 4.78 is 5.45. The number of piperidine rings is 1. The molecule has 3 nitrogen and oxygen atoms in total. The molecule has 1 heterocycles. The summed E-state index contributed by atoms with van der Waals surface area (Å²) in [6.07, 6.45) is 5.42. The van der Waals surface area contributed by atoms with E-state index in [1.54, 1.807) is 0 Å². The molecule has 0 saturated carbocycles. The Hall–Kier alpha value is -1.03. The number of likely N-dealkylation sites (tertiary alicyclic amines) is 1. The topological polar surface area (TPSA) is 29.5 Å². The third-order valence-corrected chi connectivity index (χ3v) is 4.30. The maximum Gasteiger partial charge on any atom is 0.410 e. The number of ether oxygens (including phenoxy) is 1. The molecule has 0 aliphatic carbocycles. The van der Waals surface area contributed by atoms with Crippen LogP contribution < -0.4 is 0 Å². The lowest BCUT2D eigenvalue weighted by atomic mass is 9.99.